The van der Waals surface area contributed by atoms with Gasteiger partial charge in [0.2, 0.25) is 0 Å². The Kier molecular flexibility index (Phi) is 5.27. The highest BCUT2D eigenvalue weighted by Crippen LogP contribution is 2.31. The molecule has 0 N–H and O–H groups in total. The van der Waals surface area contributed by atoms with Crippen LogP contribution in [0.15, 0.2) is 36.4 Å². The molecule has 0 spiro atoms. The number of methoxy groups -OCH3 is 1. The molecule has 1 nitrogen and oxygen atoms in total. The van der Waals surface area contributed by atoms with Gasteiger partial charge >= 0.3 is 0 Å². The smallest absolute Gasteiger partial charge is 0.118 e. The molecule has 0 aromatic heterocycles. The van der Waals surface area contributed by atoms with E-state index in [-0.39, 0.29) is 0 Å². The maximum atomic E-state index is 5.19. The van der Waals surface area contributed by atoms with Crippen LogP contribution in [0.5, 0.6) is 5.75 Å². The zero-order chi connectivity index (χ0) is 12.8. The third-order valence-corrected chi connectivity index (χ3v) is 3.09. The summed E-state index contributed by atoms with van der Waals surface area (Å²) < 4.78 is 5.19. The van der Waals surface area contributed by atoms with Crippen LogP contribution in [0, 0.1) is 5.92 Å². The fraction of sp³-hybridized carbons (Fsp3) is 0.500. The van der Waals surface area contributed by atoms with E-state index in [1.165, 1.54) is 11.1 Å². The maximum Gasteiger partial charge on any atom is 0.118 e. The maximum absolute atomic E-state index is 5.19. The Bertz CT molecular complexity index is 348. The molecule has 0 bridgehead atoms. The van der Waals surface area contributed by atoms with Crippen molar-refractivity contribution in [2.75, 3.05) is 7.11 Å². The summed E-state index contributed by atoms with van der Waals surface area (Å²) in [4.78, 5) is 0. The third kappa shape index (κ3) is 3.92. The molecule has 0 aliphatic carbocycles. The Hall–Kier alpha value is -1.24. The van der Waals surface area contributed by atoms with Crippen LogP contribution >= 0.6 is 0 Å². The van der Waals surface area contributed by atoms with Gasteiger partial charge in [-0.2, -0.15) is 0 Å². The summed E-state index contributed by atoms with van der Waals surface area (Å²) in [7, 11) is 1.70. The fourth-order valence-corrected chi connectivity index (χ4v) is 2.26. The number of ether oxygens (including phenoxy) is 1. The Balaban J connectivity index is 2.81. The van der Waals surface area contributed by atoms with Gasteiger partial charge in [0.1, 0.15) is 5.75 Å². The van der Waals surface area contributed by atoms with E-state index in [9.17, 15) is 0 Å². The number of rotatable bonds is 6. The molecule has 0 saturated carbocycles. The van der Waals surface area contributed by atoms with E-state index >= 15 is 0 Å². The lowest BCUT2D eigenvalue weighted by molar-refractivity contribution is 0.414. The number of hydrogen-bond acceptors (Lipinski definition) is 1. The van der Waals surface area contributed by atoms with Gasteiger partial charge in [0.15, 0.2) is 0 Å². The van der Waals surface area contributed by atoms with Crippen molar-refractivity contribution in [1.29, 1.82) is 0 Å². The van der Waals surface area contributed by atoms with Crippen LogP contribution in [-0.4, -0.2) is 7.11 Å². The topological polar surface area (TPSA) is 9.23 Å². The summed E-state index contributed by atoms with van der Waals surface area (Å²) in [6.45, 7) is 11.0. The standard InChI is InChI=1S/C16H24O/c1-6-16(13(4)11-12(2)3)14-7-9-15(17-5)10-8-14/h7-10,12,16H,4,6,11H2,1-3,5H3. The van der Waals surface area contributed by atoms with Crippen molar-refractivity contribution in [1.82, 2.24) is 0 Å². The highest BCUT2D eigenvalue weighted by Gasteiger charge is 2.14. The second-order valence-electron chi connectivity index (χ2n) is 4.99. The second-order valence-corrected chi connectivity index (χ2v) is 4.99. The molecule has 0 aliphatic rings. The molecule has 17 heavy (non-hydrogen) atoms. The molecule has 94 valence electrons. The summed E-state index contributed by atoms with van der Waals surface area (Å²) >= 11 is 0. The van der Waals surface area contributed by atoms with Crippen LogP contribution in [-0.2, 0) is 0 Å². The van der Waals surface area contributed by atoms with Crippen molar-refractivity contribution in [3.8, 4) is 5.75 Å². The van der Waals surface area contributed by atoms with Crippen molar-refractivity contribution >= 4 is 0 Å². The molecule has 1 heteroatoms. The van der Waals surface area contributed by atoms with Gasteiger partial charge < -0.3 is 4.74 Å². The van der Waals surface area contributed by atoms with Gasteiger partial charge in [-0.1, -0.05) is 45.1 Å². The molecule has 0 saturated heterocycles. The minimum absolute atomic E-state index is 0.475. The average Bonchev–Trinajstić information content (AvgIpc) is 2.30. The van der Waals surface area contributed by atoms with Gasteiger partial charge in [-0.15, -0.1) is 0 Å². The molecule has 0 radical (unpaired) electrons. The van der Waals surface area contributed by atoms with Gasteiger partial charge in [-0.05, 0) is 36.5 Å². The van der Waals surface area contributed by atoms with Crippen LogP contribution in [0.4, 0.5) is 0 Å². The van der Waals surface area contributed by atoms with Crippen LogP contribution in [0.2, 0.25) is 0 Å². The van der Waals surface area contributed by atoms with E-state index in [1.54, 1.807) is 7.11 Å². The quantitative estimate of drug-likeness (QED) is 0.641. The first-order chi connectivity index (χ1) is 8.08. The van der Waals surface area contributed by atoms with Gasteiger partial charge in [0.25, 0.3) is 0 Å². The molecule has 1 aromatic carbocycles. The van der Waals surface area contributed by atoms with Gasteiger partial charge in [-0.25, -0.2) is 0 Å². The molecule has 0 aliphatic heterocycles. The average molecular weight is 232 g/mol. The molecule has 0 heterocycles. The first-order valence-corrected chi connectivity index (χ1v) is 6.40. The lowest BCUT2D eigenvalue weighted by atomic mass is 9.85. The van der Waals surface area contributed by atoms with Crippen LogP contribution in [0.25, 0.3) is 0 Å². The number of hydrogen-bond donors (Lipinski definition) is 0. The number of benzene rings is 1. The van der Waals surface area contributed by atoms with Crippen LogP contribution < -0.4 is 4.74 Å². The molecular weight excluding hydrogens is 208 g/mol. The molecule has 1 rings (SSSR count). The van der Waals surface area contributed by atoms with Crippen molar-refractivity contribution in [3.63, 3.8) is 0 Å². The third-order valence-electron chi connectivity index (χ3n) is 3.09. The minimum atomic E-state index is 0.475. The van der Waals surface area contributed by atoms with Gasteiger partial charge in [-0.3, -0.25) is 0 Å². The minimum Gasteiger partial charge on any atom is -0.497 e. The van der Waals surface area contributed by atoms with E-state index in [4.69, 9.17) is 4.74 Å². The lowest BCUT2D eigenvalue weighted by Crippen LogP contribution is -2.03. The van der Waals surface area contributed by atoms with E-state index in [2.05, 4.69) is 39.5 Å². The monoisotopic (exact) mass is 232 g/mol. The number of allylic oxidation sites excluding steroid dienone is 1. The molecule has 0 fully saturated rings. The normalized spacial score (nSPS) is 12.5. The highest BCUT2D eigenvalue weighted by atomic mass is 16.5. The summed E-state index contributed by atoms with van der Waals surface area (Å²) in [5.41, 5.74) is 2.69. The zero-order valence-corrected chi connectivity index (χ0v) is 11.5. The molecule has 1 atom stereocenters. The Morgan fingerprint density at radius 2 is 1.82 bits per heavy atom. The Morgan fingerprint density at radius 3 is 2.24 bits per heavy atom. The van der Waals surface area contributed by atoms with Crippen molar-refractivity contribution in [2.45, 2.75) is 39.5 Å². The Morgan fingerprint density at radius 1 is 1.24 bits per heavy atom. The Labute approximate surface area is 106 Å². The largest absolute Gasteiger partial charge is 0.497 e. The second kappa shape index (κ2) is 6.48. The van der Waals surface area contributed by atoms with Crippen LogP contribution in [0.3, 0.4) is 0 Å². The summed E-state index contributed by atoms with van der Waals surface area (Å²) in [5, 5.41) is 0. The molecular formula is C16H24O. The van der Waals surface area contributed by atoms with Crippen molar-refractivity contribution in [2.24, 2.45) is 5.92 Å². The summed E-state index contributed by atoms with van der Waals surface area (Å²) in [6.07, 6.45) is 2.21. The van der Waals surface area contributed by atoms with Crippen LogP contribution in [0.1, 0.15) is 45.1 Å². The molecule has 0 amide bonds. The van der Waals surface area contributed by atoms with Crippen molar-refractivity contribution < 1.29 is 4.74 Å². The predicted molar refractivity (Wildman–Crippen MR) is 74.6 cm³/mol. The lowest BCUT2D eigenvalue weighted by Gasteiger charge is -2.20. The first kappa shape index (κ1) is 13.8. The molecule has 1 aromatic rings. The van der Waals surface area contributed by atoms with E-state index < -0.39 is 0 Å². The van der Waals surface area contributed by atoms with E-state index in [0.29, 0.717) is 11.8 Å². The van der Waals surface area contributed by atoms with Gasteiger partial charge in [0, 0.05) is 5.92 Å². The van der Waals surface area contributed by atoms with Crippen molar-refractivity contribution in [3.05, 3.63) is 42.0 Å². The molecule has 1 unspecified atom stereocenters. The van der Waals surface area contributed by atoms with E-state index in [1.807, 2.05) is 12.1 Å². The summed E-state index contributed by atoms with van der Waals surface area (Å²) in [5.74, 6) is 2.07. The highest BCUT2D eigenvalue weighted by molar-refractivity contribution is 5.33. The summed E-state index contributed by atoms with van der Waals surface area (Å²) in [6, 6.07) is 8.36. The van der Waals surface area contributed by atoms with E-state index in [0.717, 1.165) is 18.6 Å². The fourth-order valence-electron chi connectivity index (χ4n) is 2.26. The SMILES string of the molecule is C=C(CC(C)C)C(CC)c1ccc(OC)cc1. The first-order valence-electron chi connectivity index (χ1n) is 6.40. The predicted octanol–water partition coefficient (Wildman–Crippen LogP) is 4.79. The van der Waals surface area contributed by atoms with Gasteiger partial charge in [0.05, 0.1) is 7.11 Å². The zero-order valence-electron chi connectivity index (χ0n) is 11.5.